The van der Waals surface area contributed by atoms with Crippen molar-refractivity contribution in [3.8, 4) is 0 Å². The van der Waals surface area contributed by atoms with Crippen molar-refractivity contribution in [2.24, 2.45) is 0 Å². The van der Waals surface area contributed by atoms with Crippen molar-refractivity contribution in [3.63, 3.8) is 0 Å². The molecule has 2 aromatic carbocycles. The summed E-state index contributed by atoms with van der Waals surface area (Å²) in [7, 11) is 0. The van der Waals surface area contributed by atoms with E-state index in [-0.39, 0.29) is 11.3 Å². The second kappa shape index (κ2) is 8.41. The molecular formula is C20H22ClN3O3. The largest absolute Gasteiger partial charge is 0.478 e. The molecular weight excluding hydrogens is 366 g/mol. The number of carboxylic acids is 1. The van der Waals surface area contributed by atoms with Gasteiger partial charge in [-0.3, -0.25) is 4.79 Å². The Kier molecular flexibility index (Phi) is 5.98. The van der Waals surface area contributed by atoms with Crippen molar-refractivity contribution < 1.29 is 14.7 Å². The average molecular weight is 388 g/mol. The number of halogens is 1. The van der Waals surface area contributed by atoms with Crippen LogP contribution in [0.2, 0.25) is 5.02 Å². The molecule has 0 spiro atoms. The summed E-state index contributed by atoms with van der Waals surface area (Å²) in [4.78, 5) is 28.7. The number of likely N-dealkylation sites (N-methyl/N-ethyl adjacent to an activating group) is 1. The Labute approximate surface area is 163 Å². The highest BCUT2D eigenvalue weighted by Gasteiger charge is 2.19. The number of amides is 1. The molecule has 7 heteroatoms. The SMILES string of the molecule is CCN1CCN(c2ccc(NC(=O)c3cccc(Cl)c3)c(C(=O)O)c2)CC1. The molecule has 0 aliphatic carbocycles. The lowest BCUT2D eigenvalue weighted by Gasteiger charge is -2.35. The van der Waals surface area contributed by atoms with Gasteiger partial charge in [-0.2, -0.15) is 0 Å². The van der Waals surface area contributed by atoms with Gasteiger partial charge in [-0.1, -0.05) is 24.6 Å². The molecule has 1 amide bonds. The van der Waals surface area contributed by atoms with E-state index >= 15 is 0 Å². The van der Waals surface area contributed by atoms with Crippen molar-refractivity contribution >= 4 is 34.9 Å². The molecule has 27 heavy (non-hydrogen) atoms. The quantitative estimate of drug-likeness (QED) is 0.822. The second-order valence-electron chi connectivity index (χ2n) is 6.42. The van der Waals surface area contributed by atoms with Crippen LogP contribution in [0.4, 0.5) is 11.4 Å². The lowest BCUT2D eigenvalue weighted by atomic mass is 10.1. The van der Waals surface area contributed by atoms with Crippen molar-refractivity contribution in [3.05, 3.63) is 58.6 Å². The summed E-state index contributed by atoms with van der Waals surface area (Å²) in [6.07, 6.45) is 0. The standard InChI is InChI=1S/C20H22ClN3O3/c1-2-23-8-10-24(11-9-23)16-6-7-18(17(13-16)20(26)27)22-19(25)14-4-3-5-15(21)12-14/h3-7,12-13H,2,8-11H2,1H3,(H,22,25)(H,26,27). The summed E-state index contributed by atoms with van der Waals surface area (Å²) in [6.45, 7) is 6.75. The highest BCUT2D eigenvalue weighted by Crippen LogP contribution is 2.25. The number of piperazine rings is 1. The first-order valence-electron chi connectivity index (χ1n) is 8.89. The number of carboxylic acid groups (broad SMARTS) is 1. The summed E-state index contributed by atoms with van der Waals surface area (Å²) >= 11 is 5.92. The number of carbonyl (C=O) groups excluding carboxylic acids is 1. The zero-order chi connectivity index (χ0) is 19.4. The van der Waals surface area contributed by atoms with Crippen LogP contribution < -0.4 is 10.2 Å². The van der Waals surface area contributed by atoms with Gasteiger partial charge in [0.1, 0.15) is 0 Å². The van der Waals surface area contributed by atoms with Gasteiger partial charge in [0.05, 0.1) is 11.3 Å². The summed E-state index contributed by atoms with van der Waals surface area (Å²) in [6, 6.07) is 11.6. The molecule has 0 atom stereocenters. The maximum atomic E-state index is 12.4. The van der Waals surface area contributed by atoms with Crippen molar-refractivity contribution in [2.75, 3.05) is 42.9 Å². The molecule has 0 bridgehead atoms. The minimum Gasteiger partial charge on any atom is -0.478 e. The fraction of sp³-hybridized carbons (Fsp3) is 0.300. The summed E-state index contributed by atoms with van der Waals surface area (Å²) in [5.74, 6) is -1.48. The number of aromatic carboxylic acids is 1. The normalized spacial score (nSPS) is 14.8. The molecule has 0 radical (unpaired) electrons. The first kappa shape index (κ1) is 19.2. The maximum Gasteiger partial charge on any atom is 0.337 e. The van der Waals surface area contributed by atoms with Gasteiger partial charge in [0.25, 0.3) is 5.91 Å². The smallest absolute Gasteiger partial charge is 0.337 e. The van der Waals surface area contributed by atoms with Crippen LogP contribution in [0.1, 0.15) is 27.6 Å². The van der Waals surface area contributed by atoms with Gasteiger partial charge in [0.15, 0.2) is 0 Å². The lowest BCUT2D eigenvalue weighted by molar-refractivity contribution is 0.0698. The van der Waals surface area contributed by atoms with Crippen LogP contribution in [0.25, 0.3) is 0 Å². The molecule has 1 saturated heterocycles. The third kappa shape index (κ3) is 4.59. The minimum atomic E-state index is -1.08. The molecule has 3 rings (SSSR count). The molecule has 2 aromatic rings. The number of hydrogen-bond donors (Lipinski definition) is 2. The Hall–Kier alpha value is -2.57. The number of nitrogens with zero attached hydrogens (tertiary/aromatic N) is 2. The predicted octanol–water partition coefficient (Wildman–Crippen LogP) is 3.43. The van der Waals surface area contributed by atoms with Gasteiger partial charge in [-0.25, -0.2) is 4.79 Å². The predicted molar refractivity (Wildman–Crippen MR) is 107 cm³/mol. The van der Waals surface area contributed by atoms with Crippen LogP contribution in [-0.2, 0) is 0 Å². The highest BCUT2D eigenvalue weighted by molar-refractivity contribution is 6.31. The first-order valence-corrected chi connectivity index (χ1v) is 9.27. The molecule has 1 aliphatic rings. The van der Waals surface area contributed by atoms with Gasteiger partial charge in [0.2, 0.25) is 0 Å². The number of anilines is 2. The monoisotopic (exact) mass is 387 g/mol. The van der Waals surface area contributed by atoms with E-state index < -0.39 is 11.9 Å². The van der Waals surface area contributed by atoms with Gasteiger partial charge < -0.3 is 20.2 Å². The van der Waals surface area contributed by atoms with Crippen LogP contribution in [0, 0.1) is 0 Å². The number of nitrogens with one attached hydrogen (secondary N) is 1. The fourth-order valence-corrected chi connectivity index (χ4v) is 3.35. The Morgan fingerprint density at radius 1 is 1.11 bits per heavy atom. The van der Waals surface area contributed by atoms with E-state index in [1.54, 1.807) is 36.4 Å². The highest BCUT2D eigenvalue weighted by atomic mass is 35.5. The number of carbonyl (C=O) groups is 2. The molecule has 0 aromatic heterocycles. The van der Waals surface area contributed by atoms with Crippen LogP contribution in [0.3, 0.4) is 0 Å². The van der Waals surface area contributed by atoms with Gasteiger partial charge >= 0.3 is 5.97 Å². The van der Waals surface area contributed by atoms with E-state index in [1.165, 1.54) is 0 Å². The van der Waals surface area contributed by atoms with Crippen molar-refractivity contribution in [1.82, 2.24) is 4.90 Å². The molecule has 6 nitrogen and oxygen atoms in total. The topological polar surface area (TPSA) is 72.9 Å². The van der Waals surface area contributed by atoms with Crippen molar-refractivity contribution in [1.29, 1.82) is 0 Å². The van der Waals surface area contributed by atoms with E-state index in [2.05, 4.69) is 22.0 Å². The Bertz CT molecular complexity index is 848. The number of rotatable bonds is 5. The van der Waals surface area contributed by atoms with Gasteiger partial charge in [-0.05, 0) is 42.9 Å². The van der Waals surface area contributed by atoms with E-state index in [0.29, 0.717) is 10.6 Å². The van der Waals surface area contributed by atoms with Crippen LogP contribution in [0.5, 0.6) is 0 Å². The first-order chi connectivity index (χ1) is 13.0. The molecule has 0 unspecified atom stereocenters. The number of hydrogen-bond acceptors (Lipinski definition) is 4. The van der Waals surface area contributed by atoms with Gasteiger partial charge in [-0.15, -0.1) is 0 Å². The Morgan fingerprint density at radius 3 is 2.48 bits per heavy atom. The molecule has 1 heterocycles. The Morgan fingerprint density at radius 2 is 1.85 bits per heavy atom. The molecule has 142 valence electrons. The maximum absolute atomic E-state index is 12.4. The van der Waals surface area contributed by atoms with E-state index in [1.807, 2.05) is 6.07 Å². The average Bonchev–Trinajstić information content (AvgIpc) is 2.68. The fourth-order valence-electron chi connectivity index (χ4n) is 3.16. The molecule has 2 N–H and O–H groups in total. The molecule has 0 saturated carbocycles. The summed E-state index contributed by atoms with van der Waals surface area (Å²) in [5.41, 5.74) is 1.56. The van der Waals surface area contributed by atoms with E-state index in [9.17, 15) is 14.7 Å². The second-order valence-corrected chi connectivity index (χ2v) is 6.86. The summed E-state index contributed by atoms with van der Waals surface area (Å²) in [5, 5.41) is 12.7. The zero-order valence-corrected chi connectivity index (χ0v) is 15.9. The van der Waals surface area contributed by atoms with Crippen LogP contribution >= 0.6 is 11.6 Å². The van der Waals surface area contributed by atoms with E-state index in [4.69, 9.17) is 11.6 Å². The zero-order valence-electron chi connectivity index (χ0n) is 15.1. The Balaban J connectivity index is 1.80. The molecule has 1 fully saturated rings. The van der Waals surface area contributed by atoms with E-state index in [0.717, 1.165) is 38.4 Å². The lowest BCUT2D eigenvalue weighted by Crippen LogP contribution is -2.46. The minimum absolute atomic E-state index is 0.0702. The number of benzene rings is 2. The van der Waals surface area contributed by atoms with Gasteiger partial charge in [0, 0.05) is 42.5 Å². The van der Waals surface area contributed by atoms with Crippen LogP contribution in [-0.4, -0.2) is 54.6 Å². The third-order valence-electron chi connectivity index (χ3n) is 4.75. The van der Waals surface area contributed by atoms with Crippen LogP contribution in [0.15, 0.2) is 42.5 Å². The summed E-state index contributed by atoms with van der Waals surface area (Å²) < 4.78 is 0. The van der Waals surface area contributed by atoms with Crippen molar-refractivity contribution in [2.45, 2.75) is 6.92 Å². The third-order valence-corrected chi connectivity index (χ3v) is 4.99. The molecule has 1 aliphatic heterocycles.